The monoisotopic (exact) mass is 251 g/mol. The van der Waals surface area contributed by atoms with E-state index in [1.54, 1.807) is 11.3 Å². The van der Waals surface area contributed by atoms with E-state index in [1.807, 2.05) is 32.2 Å². The first-order chi connectivity index (χ1) is 7.58. The van der Waals surface area contributed by atoms with E-state index < -0.39 is 0 Å². The molecule has 0 radical (unpaired) electrons. The van der Waals surface area contributed by atoms with Crippen molar-refractivity contribution < 1.29 is 4.79 Å². The number of hydrogen-bond acceptors (Lipinski definition) is 4. The summed E-state index contributed by atoms with van der Waals surface area (Å²) < 4.78 is 0. The highest BCUT2D eigenvalue weighted by molar-refractivity contribution is 7.13. The van der Waals surface area contributed by atoms with Crippen LogP contribution in [0.15, 0.2) is 11.4 Å². The fraction of sp³-hybridized carbons (Fsp3) is 0.333. The summed E-state index contributed by atoms with van der Waals surface area (Å²) in [7, 11) is 0. The molecule has 2 aromatic heterocycles. The second-order valence-electron chi connectivity index (χ2n) is 3.78. The maximum atomic E-state index is 12.0. The first-order valence-electron chi connectivity index (χ1n) is 5.08. The molecule has 0 atom stereocenters. The van der Waals surface area contributed by atoms with Gasteiger partial charge in [0.2, 0.25) is 0 Å². The molecule has 2 nitrogen and oxygen atoms in total. The van der Waals surface area contributed by atoms with Gasteiger partial charge in [-0.05, 0) is 37.8 Å². The van der Waals surface area contributed by atoms with Crippen molar-refractivity contribution in [1.29, 1.82) is 0 Å². The third-order valence-electron chi connectivity index (χ3n) is 2.50. The van der Waals surface area contributed by atoms with Crippen molar-refractivity contribution in [2.75, 3.05) is 0 Å². The SMILES string of the molecule is Cc1ccsc1C(=O)Cc1nc(C)c(C)s1. The zero-order valence-electron chi connectivity index (χ0n) is 9.53. The highest BCUT2D eigenvalue weighted by Gasteiger charge is 2.14. The largest absolute Gasteiger partial charge is 0.293 e. The molecule has 16 heavy (non-hydrogen) atoms. The first kappa shape index (κ1) is 11.5. The first-order valence-corrected chi connectivity index (χ1v) is 6.77. The van der Waals surface area contributed by atoms with Crippen molar-refractivity contribution >= 4 is 28.5 Å². The van der Waals surface area contributed by atoms with E-state index in [1.165, 1.54) is 16.2 Å². The van der Waals surface area contributed by atoms with Crippen molar-refractivity contribution in [3.63, 3.8) is 0 Å². The molecular weight excluding hydrogens is 238 g/mol. The average Bonchev–Trinajstić information content (AvgIpc) is 2.74. The van der Waals surface area contributed by atoms with Crippen LogP contribution >= 0.6 is 22.7 Å². The Bertz CT molecular complexity index is 505. The van der Waals surface area contributed by atoms with Crippen LogP contribution in [-0.2, 0) is 6.42 Å². The number of hydrogen-bond donors (Lipinski definition) is 0. The Labute approximate surface area is 103 Å². The molecule has 0 aliphatic rings. The van der Waals surface area contributed by atoms with Gasteiger partial charge in [-0.1, -0.05) is 0 Å². The summed E-state index contributed by atoms with van der Waals surface area (Å²) in [5, 5.41) is 2.88. The highest BCUT2D eigenvalue weighted by Crippen LogP contribution is 2.21. The van der Waals surface area contributed by atoms with Crippen LogP contribution < -0.4 is 0 Å². The lowest BCUT2D eigenvalue weighted by atomic mass is 10.2. The predicted octanol–water partition coefficient (Wildman–Crippen LogP) is 3.56. The second-order valence-corrected chi connectivity index (χ2v) is 5.99. The van der Waals surface area contributed by atoms with E-state index in [9.17, 15) is 4.79 Å². The molecule has 2 aromatic rings. The molecule has 84 valence electrons. The lowest BCUT2D eigenvalue weighted by Crippen LogP contribution is -2.02. The molecule has 0 fully saturated rings. The number of ketones is 1. The predicted molar refractivity (Wildman–Crippen MR) is 68.7 cm³/mol. The van der Waals surface area contributed by atoms with Crippen LogP contribution in [0.1, 0.15) is 30.8 Å². The van der Waals surface area contributed by atoms with Crippen LogP contribution in [0.5, 0.6) is 0 Å². The number of carbonyl (C=O) groups excluding carboxylic acids is 1. The van der Waals surface area contributed by atoms with E-state index in [0.29, 0.717) is 6.42 Å². The summed E-state index contributed by atoms with van der Waals surface area (Å²) in [5.41, 5.74) is 2.11. The second kappa shape index (κ2) is 4.47. The van der Waals surface area contributed by atoms with Gasteiger partial charge in [-0.2, -0.15) is 0 Å². The smallest absolute Gasteiger partial charge is 0.179 e. The maximum absolute atomic E-state index is 12.0. The van der Waals surface area contributed by atoms with Crippen molar-refractivity contribution in [2.45, 2.75) is 27.2 Å². The summed E-state index contributed by atoms with van der Waals surface area (Å²) in [6.07, 6.45) is 0.431. The molecule has 0 amide bonds. The minimum atomic E-state index is 0.182. The summed E-state index contributed by atoms with van der Waals surface area (Å²) in [6, 6.07) is 1.98. The molecule has 0 bridgehead atoms. The summed E-state index contributed by atoms with van der Waals surface area (Å²) in [4.78, 5) is 18.5. The lowest BCUT2D eigenvalue weighted by molar-refractivity contribution is 0.0996. The molecule has 2 rings (SSSR count). The number of rotatable bonds is 3. The Balaban J connectivity index is 2.17. The lowest BCUT2D eigenvalue weighted by Gasteiger charge is -1.96. The van der Waals surface area contributed by atoms with Gasteiger partial charge >= 0.3 is 0 Å². The van der Waals surface area contributed by atoms with Crippen LogP contribution in [0, 0.1) is 20.8 Å². The number of nitrogens with zero attached hydrogens (tertiary/aromatic N) is 1. The van der Waals surface area contributed by atoms with Crippen LogP contribution in [0.2, 0.25) is 0 Å². The van der Waals surface area contributed by atoms with E-state index in [0.717, 1.165) is 21.1 Å². The minimum absolute atomic E-state index is 0.182. The van der Waals surface area contributed by atoms with Gasteiger partial charge in [0.15, 0.2) is 5.78 Å². The van der Waals surface area contributed by atoms with Crippen molar-refractivity contribution in [3.8, 4) is 0 Å². The van der Waals surface area contributed by atoms with E-state index >= 15 is 0 Å². The van der Waals surface area contributed by atoms with Crippen LogP contribution in [-0.4, -0.2) is 10.8 Å². The van der Waals surface area contributed by atoms with Crippen LogP contribution in [0.4, 0.5) is 0 Å². The number of Topliss-reactive ketones (excluding diaryl/α,β-unsaturated/α-hetero) is 1. The normalized spacial score (nSPS) is 10.7. The Morgan fingerprint density at radius 3 is 2.62 bits per heavy atom. The van der Waals surface area contributed by atoms with Crippen molar-refractivity contribution in [2.24, 2.45) is 0 Å². The Morgan fingerprint density at radius 1 is 1.38 bits per heavy atom. The molecule has 0 saturated heterocycles. The van der Waals surface area contributed by atoms with Gasteiger partial charge in [-0.3, -0.25) is 4.79 Å². The highest BCUT2D eigenvalue weighted by atomic mass is 32.1. The molecule has 0 aliphatic carbocycles. The van der Waals surface area contributed by atoms with Gasteiger partial charge in [0.05, 0.1) is 17.0 Å². The topological polar surface area (TPSA) is 30.0 Å². The Kier molecular flexibility index (Phi) is 3.21. The molecule has 0 spiro atoms. The molecule has 0 unspecified atom stereocenters. The molecule has 4 heteroatoms. The zero-order valence-corrected chi connectivity index (χ0v) is 11.2. The molecule has 0 N–H and O–H groups in total. The van der Waals surface area contributed by atoms with Gasteiger partial charge in [-0.15, -0.1) is 22.7 Å². The van der Waals surface area contributed by atoms with E-state index in [2.05, 4.69) is 4.98 Å². The van der Waals surface area contributed by atoms with E-state index in [4.69, 9.17) is 0 Å². The summed E-state index contributed by atoms with van der Waals surface area (Å²) in [6.45, 7) is 6.00. The number of aromatic nitrogens is 1. The van der Waals surface area contributed by atoms with Gasteiger partial charge in [0.25, 0.3) is 0 Å². The Hall–Kier alpha value is -1.00. The van der Waals surface area contributed by atoms with Gasteiger partial charge < -0.3 is 0 Å². The molecule has 2 heterocycles. The fourth-order valence-corrected chi connectivity index (χ4v) is 3.29. The Morgan fingerprint density at radius 2 is 2.12 bits per heavy atom. The number of thiazole rings is 1. The van der Waals surface area contributed by atoms with Gasteiger partial charge in [0.1, 0.15) is 5.01 Å². The van der Waals surface area contributed by atoms with Crippen LogP contribution in [0.3, 0.4) is 0 Å². The third kappa shape index (κ3) is 2.23. The van der Waals surface area contributed by atoms with Crippen LogP contribution in [0.25, 0.3) is 0 Å². The average molecular weight is 251 g/mol. The van der Waals surface area contributed by atoms with Crippen molar-refractivity contribution in [3.05, 3.63) is 37.5 Å². The fourth-order valence-electron chi connectivity index (χ4n) is 1.49. The number of aryl methyl sites for hydroxylation is 3. The number of carbonyl (C=O) groups is 1. The standard InChI is InChI=1S/C12H13NOS2/c1-7-4-5-15-12(7)10(14)6-11-13-8(2)9(3)16-11/h4-5H,6H2,1-3H3. The molecule has 0 aromatic carbocycles. The van der Waals surface area contributed by atoms with E-state index in [-0.39, 0.29) is 5.78 Å². The molecule has 0 saturated carbocycles. The summed E-state index contributed by atoms with van der Waals surface area (Å²) >= 11 is 3.13. The van der Waals surface area contributed by atoms with Gasteiger partial charge in [0, 0.05) is 4.88 Å². The van der Waals surface area contributed by atoms with Gasteiger partial charge in [-0.25, -0.2) is 4.98 Å². The quantitative estimate of drug-likeness (QED) is 0.781. The third-order valence-corrected chi connectivity index (χ3v) is 4.63. The number of thiophene rings is 1. The summed E-state index contributed by atoms with van der Waals surface area (Å²) in [5.74, 6) is 0.182. The minimum Gasteiger partial charge on any atom is -0.293 e. The maximum Gasteiger partial charge on any atom is 0.179 e. The zero-order chi connectivity index (χ0) is 11.7. The molecule has 0 aliphatic heterocycles. The molecular formula is C12H13NOS2. The van der Waals surface area contributed by atoms with Crippen molar-refractivity contribution in [1.82, 2.24) is 4.98 Å².